The van der Waals surface area contributed by atoms with E-state index in [1.165, 1.54) is 4.90 Å². The molecule has 6 heteroatoms. The maximum atomic E-state index is 13.0. The van der Waals surface area contributed by atoms with Crippen molar-refractivity contribution in [1.82, 2.24) is 4.90 Å². The van der Waals surface area contributed by atoms with Crippen LogP contribution in [0.15, 0.2) is 60.7 Å². The molecule has 0 saturated carbocycles. The summed E-state index contributed by atoms with van der Waals surface area (Å²) in [5.74, 6) is -2.33. The van der Waals surface area contributed by atoms with Gasteiger partial charge in [-0.15, -0.1) is 0 Å². The Labute approximate surface area is 206 Å². The quantitative estimate of drug-likeness (QED) is 0.321. The van der Waals surface area contributed by atoms with Gasteiger partial charge in [-0.3, -0.25) is 4.79 Å². The average Bonchev–Trinajstić information content (AvgIpc) is 2.82. The molecule has 35 heavy (non-hydrogen) atoms. The smallest absolute Gasteiger partial charge is 0.336 e. The summed E-state index contributed by atoms with van der Waals surface area (Å²) in [4.78, 5) is 38.2. The number of hydrogen-bond donors (Lipinski definition) is 2. The van der Waals surface area contributed by atoms with Gasteiger partial charge in [0, 0.05) is 13.0 Å². The fourth-order valence-corrected chi connectivity index (χ4v) is 4.47. The summed E-state index contributed by atoms with van der Waals surface area (Å²) in [6.07, 6.45) is 3.00. The first-order valence-electron chi connectivity index (χ1n) is 12.1. The Morgan fingerprint density at radius 3 is 2.23 bits per heavy atom. The summed E-state index contributed by atoms with van der Waals surface area (Å²) in [5, 5.41) is 21.2. The summed E-state index contributed by atoms with van der Waals surface area (Å²) in [5.41, 5.74) is 2.55. The first-order chi connectivity index (χ1) is 16.7. The zero-order valence-corrected chi connectivity index (χ0v) is 20.5. The predicted molar refractivity (Wildman–Crippen MR) is 137 cm³/mol. The molecular formula is C29H33NO5. The van der Waals surface area contributed by atoms with Crippen LogP contribution in [-0.2, 0) is 16.1 Å². The maximum absolute atomic E-state index is 13.0. The van der Waals surface area contributed by atoms with Crippen LogP contribution in [0.2, 0.25) is 0 Å². The van der Waals surface area contributed by atoms with E-state index in [0.717, 1.165) is 41.2 Å². The van der Waals surface area contributed by atoms with Crippen molar-refractivity contribution in [2.24, 2.45) is 5.92 Å². The van der Waals surface area contributed by atoms with Crippen LogP contribution in [0.4, 0.5) is 0 Å². The molecular weight excluding hydrogens is 442 g/mol. The highest BCUT2D eigenvalue weighted by Gasteiger charge is 2.32. The number of rotatable bonds is 11. The fourth-order valence-electron chi connectivity index (χ4n) is 4.47. The summed E-state index contributed by atoms with van der Waals surface area (Å²) >= 11 is 0. The summed E-state index contributed by atoms with van der Waals surface area (Å²) < 4.78 is 0. The standard InChI is InChI=1S/C29H33NO5/c1-4-5-6-11-26(31)30(27(19(2)3)29(34)35)18-20-12-13-22-17-23(15-14-21(22)16-20)24-9-7-8-10-25(24)28(32)33/h7-10,12-17,19,27H,4-6,11,18H2,1-3H3,(H,32,33)(H,34,35)/t27-/m0/s1. The third-order valence-corrected chi connectivity index (χ3v) is 6.26. The fraction of sp³-hybridized carbons (Fsp3) is 0.345. The van der Waals surface area contributed by atoms with E-state index in [-0.39, 0.29) is 23.9 Å². The maximum Gasteiger partial charge on any atom is 0.336 e. The SMILES string of the molecule is CCCCCC(=O)N(Cc1ccc2cc(-c3ccccc3C(=O)O)ccc2c1)[C@H](C(=O)O)C(C)C. The van der Waals surface area contributed by atoms with E-state index in [9.17, 15) is 24.6 Å². The van der Waals surface area contributed by atoms with Crippen LogP contribution in [0, 0.1) is 5.92 Å². The van der Waals surface area contributed by atoms with E-state index in [2.05, 4.69) is 6.92 Å². The number of aromatic carboxylic acids is 1. The summed E-state index contributed by atoms with van der Waals surface area (Å²) in [7, 11) is 0. The minimum atomic E-state index is -0.994. The number of hydrogen-bond acceptors (Lipinski definition) is 3. The van der Waals surface area contributed by atoms with Crippen LogP contribution >= 0.6 is 0 Å². The van der Waals surface area contributed by atoms with Crippen LogP contribution < -0.4 is 0 Å². The number of carbonyl (C=O) groups is 3. The van der Waals surface area contributed by atoms with E-state index in [1.807, 2.05) is 56.3 Å². The van der Waals surface area contributed by atoms with Crippen molar-refractivity contribution in [2.45, 2.75) is 59.0 Å². The van der Waals surface area contributed by atoms with Crippen molar-refractivity contribution in [3.05, 3.63) is 71.8 Å². The topological polar surface area (TPSA) is 94.9 Å². The number of amides is 1. The van der Waals surface area contributed by atoms with Gasteiger partial charge in [-0.05, 0) is 58.0 Å². The van der Waals surface area contributed by atoms with Crippen molar-refractivity contribution in [3.8, 4) is 11.1 Å². The lowest BCUT2D eigenvalue weighted by Crippen LogP contribution is -2.47. The molecule has 0 aliphatic rings. The molecule has 3 aromatic rings. The van der Waals surface area contributed by atoms with Crippen molar-refractivity contribution < 1.29 is 24.6 Å². The van der Waals surface area contributed by atoms with E-state index >= 15 is 0 Å². The number of carboxylic acids is 2. The third kappa shape index (κ3) is 6.27. The minimum Gasteiger partial charge on any atom is -0.480 e. The number of carboxylic acid groups (broad SMARTS) is 2. The zero-order valence-electron chi connectivity index (χ0n) is 20.5. The van der Waals surface area contributed by atoms with Gasteiger partial charge in [0.15, 0.2) is 0 Å². The second kappa shape index (κ2) is 11.6. The molecule has 0 aliphatic heterocycles. The van der Waals surface area contributed by atoms with Gasteiger partial charge in [-0.1, -0.05) is 76.1 Å². The van der Waals surface area contributed by atoms with E-state index in [4.69, 9.17) is 0 Å². The van der Waals surface area contributed by atoms with Crippen molar-refractivity contribution in [1.29, 1.82) is 0 Å². The molecule has 0 aromatic heterocycles. The highest BCUT2D eigenvalue weighted by atomic mass is 16.4. The molecule has 0 fully saturated rings. The molecule has 0 radical (unpaired) electrons. The molecule has 0 bridgehead atoms. The molecule has 2 N–H and O–H groups in total. The summed E-state index contributed by atoms with van der Waals surface area (Å²) in [6, 6.07) is 17.6. The Hall–Kier alpha value is -3.67. The van der Waals surface area contributed by atoms with Gasteiger partial charge in [-0.25, -0.2) is 9.59 Å². The van der Waals surface area contributed by atoms with Crippen LogP contribution in [0.1, 0.15) is 62.4 Å². The molecule has 0 aliphatic carbocycles. The van der Waals surface area contributed by atoms with Gasteiger partial charge in [0.05, 0.1) is 5.56 Å². The Morgan fingerprint density at radius 1 is 0.886 bits per heavy atom. The predicted octanol–water partition coefficient (Wildman–Crippen LogP) is 6.22. The molecule has 0 heterocycles. The highest BCUT2D eigenvalue weighted by molar-refractivity contribution is 5.98. The molecule has 0 spiro atoms. The first-order valence-corrected chi connectivity index (χ1v) is 12.1. The van der Waals surface area contributed by atoms with Crippen LogP contribution in [-0.4, -0.2) is 39.0 Å². The van der Waals surface area contributed by atoms with Gasteiger partial charge in [0.25, 0.3) is 0 Å². The molecule has 0 unspecified atom stereocenters. The Balaban J connectivity index is 1.92. The second-order valence-electron chi connectivity index (χ2n) is 9.25. The Bertz CT molecular complexity index is 1220. The summed E-state index contributed by atoms with van der Waals surface area (Å²) in [6.45, 7) is 5.93. The van der Waals surface area contributed by atoms with Crippen LogP contribution in [0.25, 0.3) is 21.9 Å². The largest absolute Gasteiger partial charge is 0.480 e. The van der Waals surface area contributed by atoms with Gasteiger partial charge in [-0.2, -0.15) is 0 Å². The van der Waals surface area contributed by atoms with Gasteiger partial charge in [0.1, 0.15) is 6.04 Å². The zero-order chi connectivity index (χ0) is 25.5. The molecule has 184 valence electrons. The van der Waals surface area contributed by atoms with Gasteiger partial charge in [0.2, 0.25) is 5.91 Å². The van der Waals surface area contributed by atoms with Crippen molar-refractivity contribution >= 4 is 28.6 Å². The number of carbonyl (C=O) groups excluding carboxylic acids is 1. The Kier molecular flexibility index (Phi) is 8.63. The molecule has 3 aromatic carbocycles. The minimum absolute atomic E-state index is 0.139. The lowest BCUT2D eigenvalue weighted by atomic mass is 9.96. The normalized spacial score (nSPS) is 12.0. The number of nitrogens with zero attached hydrogens (tertiary/aromatic N) is 1. The first kappa shape index (κ1) is 25.9. The molecule has 0 saturated heterocycles. The Morgan fingerprint density at radius 2 is 1.57 bits per heavy atom. The van der Waals surface area contributed by atoms with Gasteiger partial charge < -0.3 is 15.1 Å². The van der Waals surface area contributed by atoms with Crippen LogP contribution in [0.3, 0.4) is 0 Å². The monoisotopic (exact) mass is 475 g/mol. The van der Waals surface area contributed by atoms with Gasteiger partial charge >= 0.3 is 11.9 Å². The van der Waals surface area contributed by atoms with E-state index in [0.29, 0.717) is 12.0 Å². The number of unbranched alkanes of at least 4 members (excludes halogenated alkanes) is 2. The molecule has 1 amide bonds. The number of benzene rings is 3. The van der Waals surface area contributed by atoms with Crippen molar-refractivity contribution in [2.75, 3.05) is 0 Å². The van der Waals surface area contributed by atoms with Crippen LogP contribution in [0.5, 0.6) is 0 Å². The second-order valence-corrected chi connectivity index (χ2v) is 9.25. The molecule has 6 nitrogen and oxygen atoms in total. The highest BCUT2D eigenvalue weighted by Crippen LogP contribution is 2.29. The number of fused-ring (bicyclic) bond motifs is 1. The van der Waals surface area contributed by atoms with Crippen molar-refractivity contribution in [3.63, 3.8) is 0 Å². The lowest BCUT2D eigenvalue weighted by molar-refractivity contribution is -0.153. The molecule has 1 atom stereocenters. The molecule has 3 rings (SSSR count). The average molecular weight is 476 g/mol. The third-order valence-electron chi connectivity index (χ3n) is 6.26. The van der Waals surface area contributed by atoms with E-state index in [1.54, 1.807) is 18.2 Å². The number of aliphatic carboxylic acids is 1. The lowest BCUT2D eigenvalue weighted by Gasteiger charge is -2.32. The van der Waals surface area contributed by atoms with E-state index < -0.39 is 18.0 Å².